The minimum atomic E-state index is -1.33. The first kappa shape index (κ1) is 20.3. The van der Waals surface area contributed by atoms with Crippen LogP contribution in [0.1, 0.15) is 22.7 Å². The van der Waals surface area contributed by atoms with E-state index in [4.69, 9.17) is 9.47 Å². The number of hydrogen-bond donors (Lipinski definition) is 1. The largest absolute Gasteiger partial charge is 0.493 e. The Kier molecular flexibility index (Phi) is 4.41. The average Bonchev–Trinajstić information content (AvgIpc) is 3.46. The zero-order valence-electron chi connectivity index (χ0n) is 17.8. The van der Waals surface area contributed by atoms with Crippen LogP contribution in [0.5, 0.6) is 11.5 Å². The molecular formula is C23H17F2N5O4. The summed E-state index contributed by atoms with van der Waals surface area (Å²) in [5.41, 5.74) is 2.21. The molecule has 3 aromatic heterocycles. The minimum absolute atomic E-state index is 0.0975. The summed E-state index contributed by atoms with van der Waals surface area (Å²) in [7, 11) is 0. The number of hydrogen-bond acceptors (Lipinski definition) is 6. The number of aryl methyl sites for hydroxylation is 1. The van der Waals surface area contributed by atoms with E-state index in [2.05, 4.69) is 15.2 Å². The van der Waals surface area contributed by atoms with Gasteiger partial charge in [-0.3, -0.25) is 14.3 Å². The molecule has 34 heavy (non-hydrogen) atoms. The molecule has 1 amide bonds. The molecule has 11 heteroatoms. The van der Waals surface area contributed by atoms with E-state index in [0.717, 1.165) is 11.1 Å². The van der Waals surface area contributed by atoms with Crippen LogP contribution in [0, 0.1) is 18.6 Å². The average molecular weight is 465 g/mol. The van der Waals surface area contributed by atoms with Crippen LogP contribution in [-0.4, -0.2) is 44.0 Å². The summed E-state index contributed by atoms with van der Waals surface area (Å²) >= 11 is 0. The Morgan fingerprint density at radius 1 is 1.12 bits per heavy atom. The summed E-state index contributed by atoms with van der Waals surface area (Å²) in [5, 5.41) is 18.1. The monoisotopic (exact) mass is 465 g/mol. The highest BCUT2D eigenvalue weighted by Crippen LogP contribution is 2.43. The molecule has 1 aromatic carbocycles. The van der Waals surface area contributed by atoms with Crippen molar-refractivity contribution in [3.8, 4) is 22.6 Å². The summed E-state index contributed by atoms with van der Waals surface area (Å²) in [6, 6.07) is 5.91. The number of halogens is 2. The van der Waals surface area contributed by atoms with Crippen LogP contribution in [0.2, 0.25) is 0 Å². The molecule has 9 nitrogen and oxygen atoms in total. The lowest BCUT2D eigenvalue weighted by Crippen LogP contribution is -2.31. The standard InChI is InChI=1S/C23H17F2N5O4/c1-11-4-13(17(25)6-26-11)14-5-19-22(30-10-27-28-21(14)30)29(23(31)32)7-15-16(24)2-3-18-20(15)12(8-33-18)9-34-19/h2-6,10,12H,7-9H2,1H3,(H,31,32)/t12-/m0/s1. The van der Waals surface area contributed by atoms with Crippen molar-refractivity contribution in [2.75, 3.05) is 18.1 Å². The Hall–Kier alpha value is -4.28. The number of anilines is 1. The maximum Gasteiger partial charge on any atom is 0.413 e. The number of benzene rings is 1. The number of fused-ring (bicyclic) bond motifs is 3. The molecule has 0 saturated carbocycles. The predicted molar refractivity (Wildman–Crippen MR) is 115 cm³/mol. The summed E-state index contributed by atoms with van der Waals surface area (Å²) in [6.45, 7) is 1.83. The summed E-state index contributed by atoms with van der Waals surface area (Å²) in [5.74, 6) is -0.639. The Bertz CT molecular complexity index is 1490. The number of aromatic nitrogens is 4. The topological polar surface area (TPSA) is 102 Å². The van der Waals surface area contributed by atoms with E-state index < -0.39 is 17.7 Å². The fourth-order valence-electron chi connectivity index (χ4n) is 4.61. The molecule has 0 saturated heterocycles. The van der Waals surface area contributed by atoms with Gasteiger partial charge in [0, 0.05) is 27.9 Å². The molecule has 1 N–H and O–H groups in total. The number of rotatable bonds is 1. The molecule has 1 atom stereocenters. The number of ether oxygens (including phenoxy) is 2. The van der Waals surface area contributed by atoms with Gasteiger partial charge in [0.2, 0.25) is 0 Å². The van der Waals surface area contributed by atoms with Crippen molar-refractivity contribution in [2.24, 2.45) is 0 Å². The molecule has 0 radical (unpaired) electrons. The second kappa shape index (κ2) is 7.37. The van der Waals surface area contributed by atoms with Gasteiger partial charge in [0.1, 0.15) is 23.7 Å². The van der Waals surface area contributed by atoms with E-state index in [0.29, 0.717) is 22.6 Å². The number of pyridine rings is 2. The highest BCUT2D eigenvalue weighted by molar-refractivity contribution is 5.91. The van der Waals surface area contributed by atoms with Gasteiger partial charge in [0.05, 0.1) is 31.9 Å². The third-order valence-corrected chi connectivity index (χ3v) is 6.15. The molecule has 0 fully saturated rings. The number of carbonyl (C=O) groups is 1. The van der Waals surface area contributed by atoms with Crippen LogP contribution in [-0.2, 0) is 6.54 Å². The fourth-order valence-corrected chi connectivity index (χ4v) is 4.61. The first-order chi connectivity index (χ1) is 16.4. The predicted octanol–water partition coefficient (Wildman–Crippen LogP) is 3.93. The van der Waals surface area contributed by atoms with Crippen molar-refractivity contribution in [3.05, 3.63) is 65.2 Å². The van der Waals surface area contributed by atoms with Gasteiger partial charge in [0.25, 0.3) is 0 Å². The first-order valence-electron chi connectivity index (χ1n) is 10.5. The Labute approximate surface area is 191 Å². The van der Waals surface area contributed by atoms with Crippen LogP contribution in [0.4, 0.5) is 19.4 Å². The second-order valence-corrected chi connectivity index (χ2v) is 8.20. The normalized spacial score (nSPS) is 16.7. The zero-order chi connectivity index (χ0) is 23.6. The van der Waals surface area contributed by atoms with Gasteiger partial charge in [-0.15, -0.1) is 10.2 Å². The van der Waals surface area contributed by atoms with E-state index in [1.54, 1.807) is 13.0 Å². The second-order valence-electron chi connectivity index (χ2n) is 8.20. The van der Waals surface area contributed by atoms with Gasteiger partial charge in [-0.2, -0.15) is 0 Å². The molecule has 0 aliphatic carbocycles. The van der Waals surface area contributed by atoms with Crippen molar-refractivity contribution in [1.82, 2.24) is 19.6 Å². The maximum atomic E-state index is 14.9. The smallest absolute Gasteiger partial charge is 0.413 e. The summed E-state index contributed by atoms with van der Waals surface area (Å²) < 4.78 is 42.9. The molecule has 2 aliphatic heterocycles. The maximum absolute atomic E-state index is 14.9. The van der Waals surface area contributed by atoms with Crippen molar-refractivity contribution in [2.45, 2.75) is 19.4 Å². The summed E-state index contributed by atoms with van der Waals surface area (Å²) in [6.07, 6.45) is 1.11. The van der Waals surface area contributed by atoms with Crippen LogP contribution in [0.15, 0.2) is 36.8 Å². The SMILES string of the molecule is Cc1cc(-c2cc3c(n4cnnc24)N(C(=O)O)Cc2c(F)ccc4c2[C@@H](CO4)CO3)c(F)cn1. The van der Waals surface area contributed by atoms with Gasteiger partial charge >= 0.3 is 6.09 Å². The molecule has 6 rings (SSSR count). The van der Waals surface area contributed by atoms with Gasteiger partial charge in [-0.1, -0.05) is 0 Å². The Balaban J connectivity index is 1.62. The van der Waals surface area contributed by atoms with Gasteiger partial charge in [0.15, 0.2) is 17.2 Å². The third-order valence-electron chi connectivity index (χ3n) is 6.15. The van der Waals surface area contributed by atoms with Crippen molar-refractivity contribution in [1.29, 1.82) is 0 Å². The molecule has 0 bridgehead atoms. The highest BCUT2D eigenvalue weighted by Gasteiger charge is 2.35. The lowest BCUT2D eigenvalue weighted by molar-refractivity contribution is 0.200. The Morgan fingerprint density at radius 2 is 1.91 bits per heavy atom. The van der Waals surface area contributed by atoms with Crippen LogP contribution >= 0.6 is 0 Å². The molecule has 2 aliphatic rings. The molecule has 5 heterocycles. The highest BCUT2D eigenvalue weighted by atomic mass is 19.1. The minimum Gasteiger partial charge on any atom is -0.493 e. The van der Waals surface area contributed by atoms with E-state index >= 15 is 0 Å². The van der Waals surface area contributed by atoms with Crippen molar-refractivity contribution >= 4 is 17.6 Å². The molecule has 172 valence electrons. The zero-order valence-corrected chi connectivity index (χ0v) is 17.8. The van der Waals surface area contributed by atoms with Crippen LogP contribution in [0.25, 0.3) is 16.8 Å². The molecule has 4 aromatic rings. The molecule has 0 unspecified atom stereocenters. The fraction of sp³-hybridized carbons (Fsp3) is 0.217. The number of amides is 1. The van der Waals surface area contributed by atoms with E-state index in [1.165, 1.54) is 28.9 Å². The summed E-state index contributed by atoms with van der Waals surface area (Å²) in [4.78, 5) is 17.4. The third kappa shape index (κ3) is 2.96. The van der Waals surface area contributed by atoms with E-state index in [-0.39, 0.29) is 54.0 Å². The van der Waals surface area contributed by atoms with Crippen molar-refractivity contribution < 1.29 is 28.2 Å². The Morgan fingerprint density at radius 3 is 2.71 bits per heavy atom. The van der Waals surface area contributed by atoms with Crippen LogP contribution < -0.4 is 14.4 Å². The van der Waals surface area contributed by atoms with Gasteiger partial charge in [-0.05, 0) is 31.2 Å². The van der Waals surface area contributed by atoms with E-state index in [9.17, 15) is 18.7 Å². The lowest BCUT2D eigenvalue weighted by atomic mass is 9.95. The number of carboxylic acid groups (broad SMARTS) is 1. The van der Waals surface area contributed by atoms with Crippen LogP contribution in [0.3, 0.4) is 0 Å². The molecular weight excluding hydrogens is 448 g/mol. The van der Waals surface area contributed by atoms with Gasteiger partial charge < -0.3 is 14.6 Å². The first-order valence-corrected chi connectivity index (χ1v) is 10.5. The lowest BCUT2D eigenvalue weighted by Gasteiger charge is -2.24. The number of nitrogens with zero attached hydrogens (tertiary/aromatic N) is 5. The molecule has 0 spiro atoms. The quantitative estimate of drug-likeness (QED) is 0.454. The van der Waals surface area contributed by atoms with Crippen molar-refractivity contribution in [3.63, 3.8) is 0 Å². The van der Waals surface area contributed by atoms with E-state index in [1.807, 2.05) is 0 Å². The van der Waals surface area contributed by atoms with Gasteiger partial charge in [-0.25, -0.2) is 13.6 Å².